The van der Waals surface area contributed by atoms with Crippen LogP contribution in [-0.4, -0.2) is 80.9 Å². The van der Waals surface area contributed by atoms with Crippen LogP contribution in [0.3, 0.4) is 0 Å². The Morgan fingerprint density at radius 1 is 1.20 bits per heavy atom. The summed E-state index contributed by atoms with van der Waals surface area (Å²) in [6.45, 7) is 1.96. The molecule has 0 spiro atoms. The largest absolute Gasteiger partial charge is 0.480 e. The van der Waals surface area contributed by atoms with Crippen molar-refractivity contribution in [2.45, 2.75) is 25.3 Å². The van der Waals surface area contributed by atoms with Crippen molar-refractivity contribution in [2.24, 2.45) is 0 Å². The Balaban J connectivity index is 4.13. The van der Waals surface area contributed by atoms with Crippen LogP contribution in [0.4, 0.5) is 4.79 Å². The molecular formula is C13H27N3O4. The first-order valence-corrected chi connectivity index (χ1v) is 6.76. The second kappa shape index (κ2) is 10.4. The van der Waals surface area contributed by atoms with Crippen LogP contribution in [0.2, 0.25) is 0 Å². The standard InChI is InChI=1S/C13H27N3O4/c1-15(2)8-6-9-16(3)13(19)14-11(12(17)18)7-5-10-20-4/h11H,5-10H2,1-4H3,(H,14,19)(H,17,18). The molecule has 7 nitrogen and oxygen atoms in total. The molecule has 0 bridgehead atoms. The molecule has 2 amide bonds. The first-order valence-electron chi connectivity index (χ1n) is 6.76. The summed E-state index contributed by atoms with van der Waals surface area (Å²) in [5.41, 5.74) is 0. The van der Waals surface area contributed by atoms with Gasteiger partial charge in [-0.1, -0.05) is 0 Å². The Morgan fingerprint density at radius 3 is 2.35 bits per heavy atom. The molecule has 0 heterocycles. The number of nitrogens with zero attached hydrogens (tertiary/aromatic N) is 2. The number of hydrogen-bond donors (Lipinski definition) is 2. The third kappa shape index (κ3) is 8.71. The predicted molar refractivity (Wildman–Crippen MR) is 76.9 cm³/mol. The van der Waals surface area contributed by atoms with Crippen LogP contribution < -0.4 is 5.32 Å². The minimum atomic E-state index is -1.02. The lowest BCUT2D eigenvalue weighted by atomic mass is 10.1. The second-order valence-electron chi connectivity index (χ2n) is 5.05. The van der Waals surface area contributed by atoms with E-state index in [1.54, 1.807) is 14.2 Å². The molecule has 0 saturated carbocycles. The highest BCUT2D eigenvalue weighted by Crippen LogP contribution is 2.00. The predicted octanol–water partition coefficient (Wildman–Crippen LogP) is 0.459. The molecule has 0 fully saturated rings. The van der Waals surface area contributed by atoms with Crippen molar-refractivity contribution in [1.29, 1.82) is 0 Å². The zero-order chi connectivity index (χ0) is 15.5. The zero-order valence-electron chi connectivity index (χ0n) is 12.9. The Morgan fingerprint density at radius 2 is 1.85 bits per heavy atom. The molecule has 2 N–H and O–H groups in total. The zero-order valence-corrected chi connectivity index (χ0v) is 12.9. The summed E-state index contributed by atoms with van der Waals surface area (Å²) in [5.74, 6) is -1.02. The van der Waals surface area contributed by atoms with Gasteiger partial charge in [-0.25, -0.2) is 9.59 Å². The van der Waals surface area contributed by atoms with Gasteiger partial charge in [-0.2, -0.15) is 0 Å². The lowest BCUT2D eigenvalue weighted by Crippen LogP contribution is -2.47. The molecule has 20 heavy (non-hydrogen) atoms. The molecule has 7 heteroatoms. The number of rotatable bonds is 10. The summed E-state index contributed by atoms with van der Waals surface area (Å²) in [7, 11) is 7.17. The molecule has 0 rings (SSSR count). The number of hydrogen-bond acceptors (Lipinski definition) is 4. The first-order chi connectivity index (χ1) is 9.38. The van der Waals surface area contributed by atoms with Gasteiger partial charge < -0.3 is 25.0 Å². The van der Waals surface area contributed by atoms with Gasteiger partial charge in [0.05, 0.1) is 0 Å². The average molecular weight is 289 g/mol. The monoisotopic (exact) mass is 289 g/mol. The third-order valence-corrected chi connectivity index (χ3v) is 2.88. The smallest absolute Gasteiger partial charge is 0.326 e. The Hall–Kier alpha value is -1.34. The van der Waals surface area contributed by atoms with E-state index in [1.165, 1.54) is 4.90 Å². The normalized spacial score (nSPS) is 12.2. The van der Waals surface area contributed by atoms with Crippen molar-refractivity contribution < 1.29 is 19.4 Å². The highest BCUT2D eigenvalue weighted by Gasteiger charge is 2.21. The van der Waals surface area contributed by atoms with Crippen molar-refractivity contribution in [3.8, 4) is 0 Å². The van der Waals surface area contributed by atoms with E-state index >= 15 is 0 Å². The highest BCUT2D eigenvalue weighted by atomic mass is 16.5. The van der Waals surface area contributed by atoms with E-state index < -0.39 is 12.0 Å². The maximum atomic E-state index is 11.9. The average Bonchev–Trinajstić information content (AvgIpc) is 2.36. The van der Waals surface area contributed by atoms with Crippen molar-refractivity contribution >= 4 is 12.0 Å². The number of carboxylic acid groups (broad SMARTS) is 1. The molecule has 0 aromatic heterocycles. The fourth-order valence-electron chi connectivity index (χ4n) is 1.67. The summed E-state index contributed by atoms with van der Waals surface area (Å²) < 4.78 is 4.88. The van der Waals surface area contributed by atoms with Gasteiger partial charge in [0.2, 0.25) is 0 Å². The lowest BCUT2D eigenvalue weighted by molar-refractivity contribution is -0.139. The van der Waals surface area contributed by atoms with Gasteiger partial charge >= 0.3 is 12.0 Å². The molecule has 0 aromatic rings. The lowest BCUT2D eigenvalue weighted by Gasteiger charge is -2.22. The van der Waals surface area contributed by atoms with Gasteiger partial charge in [-0.15, -0.1) is 0 Å². The number of methoxy groups -OCH3 is 1. The fraction of sp³-hybridized carbons (Fsp3) is 0.846. The number of nitrogens with one attached hydrogen (secondary N) is 1. The molecule has 0 aliphatic heterocycles. The summed E-state index contributed by atoms with van der Waals surface area (Å²) >= 11 is 0. The summed E-state index contributed by atoms with van der Waals surface area (Å²) in [6, 6.07) is -1.22. The Kier molecular flexibility index (Phi) is 9.75. The molecular weight excluding hydrogens is 262 g/mol. The second-order valence-corrected chi connectivity index (χ2v) is 5.05. The number of amides is 2. The van der Waals surface area contributed by atoms with E-state index in [2.05, 4.69) is 5.32 Å². The van der Waals surface area contributed by atoms with Crippen LogP contribution in [0.25, 0.3) is 0 Å². The van der Waals surface area contributed by atoms with E-state index in [9.17, 15) is 9.59 Å². The van der Waals surface area contributed by atoms with Crippen LogP contribution in [0.5, 0.6) is 0 Å². The highest BCUT2D eigenvalue weighted by molar-refractivity contribution is 5.82. The minimum Gasteiger partial charge on any atom is -0.480 e. The topological polar surface area (TPSA) is 82.1 Å². The van der Waals surface area contributed by atoms with E-state index in [1.807, 2.05) is 19.0 Å². The first kappa shape index (κ1) is 18.7. The molecule has 0 radical (unpaired) electrons. The van der Waals surface area contributed by atoms with Crippen molar-refractivity contribution in [3.05, 3.63) is 0 Å². The SMILES string of the molecule is COCCCC(NC(=O)N(C)CCCN(C)C)C(=O)O. The number of urea groups is 1. The van der Waals surface area contributed by atoms with Crippen LogP contribution in [0, 0.1) is 0 Å². The summed E-state index contributed by atoms with van der Waals surface area (Å²) in [6.07, 6.45) is 1.80. The van der Waals surface area contributed by atoms with Crippen molar-refractivity contribution in [2.75, 3.05) is 47.9 Å². The van der Waals surface area contributed by atoms with Crippen LogP contribution in [0.15, 0.2) is 0 Å². The van der Waals surface area contributed by atoms with Crippen LogP contribution >= 0.6 is 0 Å². The van der Waals surface area contributed by atoms with E-state index in [-0.39, 0.29) is 6.03 Å². The number of carbonyl (C=O) groups excluding carboxylic acids is 1. The maximum Gasteiger partial charge on any atom is 0.326 e. The summed E-state index contributed by atoms with van der Waals surface area (Å²) in [5, 5.41) is 11.6. The third-order valence-electron chi connectivity index (χ3n) is 2.88. The van der Waals surface area contributed by atoms with Gasteiger partial charge in [-0.3, -0.25) is 0 Å². The molecule has 1 atom stereocenters. The molecule has 0 aliphatic rings. The summed E-state index contributed by atoms with van der Waals surface area (Å²) in [4.78, 5) is 26.5. The molecule has 1 unspecified atom stereocenters. The van der Waals surface area contributed by atoms with Gasteiger partial charge in [-0.05, 0) is 39.9 Å². The van der Waals surface area contributed by atoms with Crippen molar-refractivity contribution in [1.82, 2.24) is 15.1 Å². The van der Waals surface area contributed by atoms with E-state index in [4.69, 9.17) is 9.84 Å². The maximum absolute atomic E-state index is 11.9. The molecule has 118 valence electrons. The molecule has 0 aliphatic carbocycles. The number of ether oxygens (including phenoxy) is 1. The minimum absolute atomic E-state index is 0.353. The van der Waals surface area contributed by atoms with E-state index in [0.717, 1.165) is 13.0 Å². The number of aliphatic carboxylic acids is 1. The van der Waals surface area contributed by atoms with Gasteiger partial charge in [0.1, 0.15) is 6.04 Å². The van der Waals surface area contributed by atoms with Crippen LogP contribution in [-0.2, 0) is 9.53 Å². The quantitative estimate of drug-likeness (QED) is 0.571. The van der Waals surface area contributed by atoms with Crippen molar-refractivity contribution in [3.63, 3.8) is 0 Å². The van der Waals surface area contributed by atoms with Gasteiger partial charge in [0.25, 0.3) is 0 Å². The number of carboxylic acids is 1. The molecule has 0 aromatic carbocycles. The Labute approximate surface area is 120 Å². The van der Waals surface area contributed by atoms with Gasteiger partial charge in [0, 0.05) is 27.3 Å². The fourth-order valence-corrected chi connectivity index (χ4v) is 1.67. The molecule has 0 saturated heterocycles. The Bertz CT molecular complexity index is 297. The van der Waals surface area contributed by atoms with E-state index in [0.29, 0.717) is 26.0 Å². The van der Waals surface area contributed by atoms with Gasteiger partial charge in [0.15, 0.2) is 0 Å². The van der Waals surface area contributed by atoms with Crippen LogP contribution in [0.1, 0.15) is 19.3 Å². The number of carbonyl (C=O) groups is 2.